The molecule has 88 valence electrons. The third-order valence-corrected chi connectivity index (χ3v) is 2.15. The molecule has 1 rings (SSSR count). The molecule has 0 radical (unpaired) electrons. The zero-order valence-corrected chi connectivity index (χ0v) is 9.53. The van der Waals surface area contributed by atoms with Crippen molar-refractivity contribution >= 4 is 11.8 Å². The summed E-state index contributed by atoms with van der Waals surface area (Å²) < 4.78 is 17.3. The van der Waals surface area contributed by atoms with Gasteiger partial charge in [-0.15, -0.1) is 0 Å². The Kier molecular flexibility index (Phi) is 4.22. The van der Waals surface area contributed by atoms with Crippen LogP contribution in [-0.2, 0) is 9.53 Å². The summed E-state index contributed by atoms with van der Waals surface area (Å²) in [6.07, 6.45) is 1.09. The van der Waals surface area contributed by atoms with Gasteiger partial charge in [0.05, 0.1) is 13.3 Å². The molecule has 1 N–H and O–H groups in total. The molecule has 0 saturated carbocycles. The van der Waals surface area contributed by atoms with Crippen LogP contribution in [-0.4, -0.2) is 24.1 Å². The zero-order chi connectivity index (χ0) is 12.1. The first kappa shape index (κ1) is 12.4. The van der Waals surface area contributed by atoms with E-state index in [2.05, 4.69) is 15.0 Å². The number of methoxy groups -OCH3 is 1. The monoisotopic (exact) mass is 226 g/mol. The number of halogens is 1. The Morgan fingerprint density at radius 2 is 2.19 bits per heavy atom. The molecule has 16 heavy (non-hydrogen) atoms. The van der Waals surface area contributed by atoms with Gasteiger partial charge in [-0.05, 0) is 18.1 Å². The first-order chi connectivity index (χ1) is 7.54. The van der Waals surface area contributed by atoms with Crippen LogP contribution in [0.25, 0.3) is 0 Å². The topological polar surface area (TPSA) is 51.2 Å². The average Bonchev–Trinajstić information content (AvgIpc) is 2.27. The summed E-state index contributed by atoms with van der Waals surface area (Å²) in [6, 6.07) is 2.28. The maximum absolute atomic E-state index is 12.6. The second kappa shape index (κ2) is 5.44. The molecule has 1 aromatic rings. The summed E-state index contributed by atoms with van der Waals surface area (Å²) >= 11 is 0. The predicted octanol–water partition coefficient (Wildman–Crippen LogP) is 1.83. The molecule has 0 saturated heterocycles. The van der Waals surface area contributed by atoms with E-state index in [0.717, 1.165) is 6.20 Å². The third-order valence-electron chi connectivity index (χ3n) is 2.15. The van der Waals surface area contributed by atoms with E-state index < -0.39 is 11.9 Å². The van der Waals surface area contributed by atoms with Gasteiger partial charge in [0.25, 0.3) is 0 Å². The lowest BCUT2D eigenvalue weighted by molar-refractivity contribution is -0.142. The molecule has 1 unspecified atom stereocenters. The normalized spacial score (nSPS) is 12.3. The number of anilines is 1. The molecule has 4 nitrogen and oxygen atoms in total. The first-order valence-electron chi connectivity index (χ1n) is 5.00. The van der Waals surface area contributed by atoms with Crippen LogP contribution in [0.5, 0.6) is 0 Å². The number of pyridine rings is 1. The van der Waals surface area contributed by atoms with Crippen molar-refractivity contribution in [2.75, 3.05) is 12.4 Å². The van der Waals surface area contributed by atoms with Crippen molar-refractivity contribution in [3.63, 3.8) is 0 Å². The lowest BCUT2D eigenvalue weighted by Crippen LogP contribution is -2.35. The minimum absolute atomic E-state index is 0.0549. The van der Waals surface area contributed by atoms with E-state index in [9.17, 15) is 9.18 Å². The summed E-state index contributed by atoms with van der Waals surface area (Å²) in [7, 11) is 1.33. The maximum Gasteiger partial charge on any atom is 0.328 e. The minimum atomic E-state index is -0.483. The van der Waals surface area contributed by atoms with E-state index in [4.69, 9.17) is 0 Å². The molecule has 1 heterocycles. The third kappa shape index (κ3) is 3.18. The molecule has 0 aliphatic carbocycles. The lowest BCUT2D eigenvalue weighted by atomic mass is 10.0. The van der Waals surface area contributed by atoms with Gasteiger partial charge in [-0.3, -0.25) is 0 Å². The quantitative estimate of drug-likeness (QED) is 0.796. The standard InChI is InChI=1S/C11H15FN2O2/c1-7(2)10(11(15)16-3)14-9-5-4-8(12)6-13-9/h4-7,10H,1-3H3,(H,13,14). The number of nitrogens with zero attached hydrogens (tertiary/aromatic N) is 1. The molecule has 0 fully saturated rings. The fraction of sp³-hybridized carbons (Fsp3) is 0.455. The molecule has 0 aliphatic heterocycles. The van der Waals surface area contributed by atoms with Gasteiger partial charge in [0.15, 0.2) is 0 Å². The second-order valence-corrected chi connectivity index (χ2v) is 3.75. The molecule has 0 aliphatic rings. The largest absolute Gasteiger partial charge is 0.467 e. The van der Waals surface area contributed by atoms with Crippen LogP contribution in [0.3, 0.4) is 0 Å². The minimum Gasteiger partial charge on any atom is -0.467 e. The van der Waals surface area contributed by atoms with Gasteiger partial charge in [0.1, 0.15) is 17.7 Å². The van der Waals surface area contributed by atoms with Gasteiger partial charge < -0.3 is 10.1 Å². The number of ether oxygens (including phenoxy) is 1. The summed E-state index contributed by atoms with van der Waals surface area (Å²) in [5, 5.41) is 2.90. The Bertz CT molecular complexity index is 352. The Balaban J connectivity index is 2.75. The zero-order valence-electron chi connectivity index (χ0n) is 9.53. The van der Waals surface area contributed by atoms with Crippen LogP contribution in [0, 0.1) is 11.7 Å². The van der Waals surface area contributed by atoms with E-state index >= 15 is 0 Å². The Morgan fingerprint density at radius 1 is 1.50 bits per heavy atom. The van der Waals surface area contributed by atoms with Crippen LogP contribution in [0.2, 0.25) is 0 Å². The van der Waals surface area contributed by atoms with Crippen LogP contribution in [0.4, 0.5) is 10.2 Å². The second-order valence-electron chi connectivity index (χ2n) is 3.75. The van der Waals surface area contributed by atoms with Crippen LogP contribution in [0.1, 0.15) is 13.8 Å². The molecule has 1 aromatic heterocycles. The fourth-order valence-corrected chi connectivity index (χ4v) is 1.25. The number of aromatic nitrogens is 1. The van der Waals surface area contributed by atoms with Crippen molar-refractivity contribution in [2.24, 2.45) is 5.92 Å². The SMILES string of the molecule is COC(=O)C(Nc1ccc(F)cn1)C(C)C. The van der Waals surface area contributed by atoms with Gasteiger partial charge in [0, 0.05) is 0 Å². The van der Waals surface area contributed by atoms with Crippen molar-refractivity contribution in [3.8, 4) is 0 Å². The van der Waals surface area contributed by atoms with E-state index in [-0.39, 0.29) is 11.9 Å². The molecular weight excluding hydrogens is 211 g/mol. The van der Waals surface area contributed by atoms with Crippen molar-refractivity contribution in [1.82, 2.24) is 4.98 Å². The lowest BCUT2D eigenvalue weighted by Gasteiger charge is -2.20. The van der Waals surface area contributed by atoms with E-state index in [1.165, 1.54) is 19.2 Å². The average molecular weight is 226 g/mol. The highest BCUT2D eigenvalue weighted by Crippen LogP contribution is 2.11. The molecule has 0 aromatic carbocycles. The highest BCUT2D eigenvalue weighted by molar-refractivity contribution is 5.79. The summed E-state index contributed by atoms with van der Waals surface area (Å²) in [5.41, 5.74) is 0. The van der Waals surface area contributed by atoms with Crippen molar-refractivity contribution in [3.05, 3.63) is 24.1 Å². The van der Waals surface area contributed by atoms with Crippen LogP contribution >= 0.6 is 0 Å². The van der Waals surface area contributed by atoms with E-state index in [0.29, 0.717) is 5.82 Å². The van der Waals surface area contributed by atoms with Gasteiger partial charge in [-0.2, -0.15) is 0 Å². The van der Waals surface area contributed by atoms with Gasteiger partial charge in [-0.25, -0.2) is 14.2 Å². The molecule has 0 bridgehead atoms. The molecular formula is C11H15FN2O2. The van der Waals surface area contributed by atoms with Crippen LogP contribution in [0.15, 0.2) is 18.3 Å². The van der Waals surface area contributed by atoms with Crippen molar-refractivity contribution < 1.29 is 13.9 Å². The van der Waals surface area contributed by atoms with Gasteiger partial charge in [0.2, 0.25) is 0 Å². The Labute approximate surface area is 93.8 Å². The van der Waals surface area contributed by atoms with E-state index in [1.54, 1.807) is 0 Å². The Hall–Kier alpha value is -1.65. The summed E-state index contributed by atoms with van der Waals surface area (Å²) in [4.78, 5) is 15.3. The number of hydrogen-bond acceptors (Lipinski definition) is 4. The molecule has 1 atom stereocenters. The van der Waals surface area contributed by atoms with Gasteiger partial charge in [-0.1, -0.05) is 13.8 Å². The first-order valence-corrected chi connectivity index (χ1v) is 5.00. The Morgan fingerprint density at radius 3 is 2.62 bits per heavy atom. The van der Waals surface area contributed by atoms with Crippen LogP contribution < -0.4 is 5.32 Å². The highest BCUT2D eigenvalue weighted by atomic mass is 19.1. The predicted molar refractivity (Wildman–Crippen MR) is 58.5 cm³/mol. The fourth-order valence-electron chi connectivity index (χ4n) is 1.25. The van der Waals surface area contributed by atoms with Crippen molar-refractivity contribution in [1.29, 1.82) is 0 Å². The number of carbonyl (C=O) groups excluding carboxylic acids is 1. The van der Waals surface area contributed by atoms with Gasteiger partial charge >= 0.3 is 5.97 Å². The summed E-state index contributed by atoms with van der Waals surface area (Å²) in [5.74, 6) is -0.268. The molecule has 0 spiro atoms. The number of esters is 1. The smallest absolute Gasteiger partial charge is 0.328 e. The number of hydrogen-bond donors (Lipinski definition) is 1. The number of carbonyl (C=O) groups is 1. The molecule has 5 heteroatoms. The summed E-state index contributed by atoms with van der Waals surface area (Å²) in [6.45, 7) is 3.77. The highest BCUT2D eigenvalue weighted by Gasteiger charge is 2.22. The van der Waals surface area contributed by atoms with E-state index in [1.807, 2.05) is 13.8 Å². The molecule has 0 amide bonds. The number of rotatable bonds is 4. The van der Waals surface area contributed by atoms with Crippen molar-refractivity contribution in [2.45, 2.75) is 19.9 Å². The number of nitrogens with one attached hydrogen (secondary N) is 1. The maximum atomic E-state index is 12.6.